The van der Waals surface area contributed by atoms with Gasteiger partial charge in [-0.3, -0.25) is 9.59 Å². The maximum absolute atomic E-state index is 12.6. The Morgan fingerprint density at radius 1 is 1.24 bits per heavy atom. The van der Waals surface area contributed by atoms with Crippen LogP contribution in [0.2, 0.25) is 0 Å². The summed E-state index contributed by atoms with van der Waals surface area (Å²) in [5, 5.41) is 5.14. The van der Waals surface area contributed by atoms with Crippen LogP contribution in [0.15, 0.2) is 29.2 Å². The number of nitrogens with zero attached hydrogens (tertiary/aromatic N) is 1. The largest absolute Gasteiger partial charge is 0.379 e. The third kappa shape index (κ3) is 5.25. The quantitative estimate of drug-likeness (QED) is 0.732. The predicted octanol–water partition coefficient (Wildman–Crippen LogP) is -0.0381. The van der Waals surface area contributed by atoms with E-state index < -0.39 is 15.9 Å². The number of hydrogen-bond acceptors (Lipinski definition) is 5. The minimum Gasteiger partial charge on any atom is -0.379 e. The molecule has 0 spiro atoms. The molecule has 0 radical (unpaired) electrons. The molecule has 2 amide bonds. The van der Waals surface area contributed by atoms with Gasteiger partial charge in [0.2, 0.25) is 15.9 Å². The smallest absolute Gasteiger partial charge is 0.251 e. The molecule has 9 heteroatoms. The molecule has 0 aromatic heterocycles. The van der Waals surface area contributed by atoms with Crippen molar-refractivity contribution >= 4 is 21.8 Å². The first-order valence-corrected chi connectivity index (χ1v) is 9.50. The summed E-state index contributed by atoms with van der Waals surface area (Å²) in [5.74, 6) is -0.807. The van der Waals surface area contributed by atoms with Gasteiger partial charge in [-0.05, 0) is 32.0 Å². The second kappa shape index (κ2) is 8.41. The van der Waals surface area contributed by atoms with Crippen molar-refractivity contribution in [2.24, 2.45) is 0 Å². The van der Waals surface area contributed by atoms with Crippen LogP contribution in [0.1, 0.15) is 24.2 Å². The Morgan fingerprint density at radius 3 is 2.56 bits per heavy atom. The molecule has 1 aromatic rings. The lowest BCUT2D eigenvalue weighted by molar-refractivity contribution is -0.120. The lowest BCUT2D eigenvalue weighted by atomic mass is 10.2. The average molecular weight is 369 g/mol. The van der Waals surface area contributed by atoms with Crippen molar-refractivity contribution in [2.75, 3.05) is 32.8 Å². The highest BCUT2D eigenvalue weighted by atomic mass is 32.2. The van der Waals surface area contributed by atoms with Crippen molar-refractivity contribution in [1.29, 1.82) is 0 Å². The molecule has 2 rings (SSSR count). The number of nitrogens with one attached hydrogen (secondary N) is 2. The van der Waals surface area contributed by atoms with Crippen LogP contribution >= 0.6 is 0 Å². The molecule has 8 nitrogen and oxygen atoms in total. The van der Waals surface area contributed by atoms with Crippen molar-refractivity contribution in [3.8, 4) is 0 Å². The van der Waals surface area contributed by atoms with Crippen molar-refractivity contribution in [2.45, 2.75) is 24.8 Å². The maximum Gasteiger partial charge on any atom is 0.251 e. The molecule has 138 valence electrons. The van der Waals surface area contributed by atoms with Gasteiger partial charge in [-0.1, -0.05) is 6.07 Å². The number of benzene rings is 1. The fourth-order valence-corrected chi connectivity index (χ4v) is 3.82. The first-order chi connectivity index (χ1) is 11.8. The van der Waals surface area contributed by atoms with Gasteiger partial charge in [-0.25, -0.2) is 8.42 Å². The van der Waals surface area contributed by atoms with E-state index in [1.807, 2.05) is 13.8 Å². The molecule has 0 bridgehead atoms. The summed E-state index contributed by atoms with van der Waals surface area (Å²) in [6.45, 7) is 4.74. The van der Waals surface area contributed by atoms with Gasteiger partial charge in [0.1, 0.15) is 0 Å². The van der Waals surface area contributed by atoms with Gasteiger partial charge in [0.05, 0.1) is 24.7 Å². The Labute approximate surface area is 147 Å². The molecular formula is C16H23N3O5S. The van der Waals surface area contributed by atoms with Crippen molar-refractivity contribution in [3.05, 3.63) is 29.8 Å². The topological polar surface area (TPSA) is 105 Å². The fraction of sp³-hybridized carbons (Fsp3) is 0.500. The summed E-state index contributed by atoms with van der Waals surface area (Å²) in [5.41, 5.74) is 0.187. The number of carbonyl (C=O) groups excluding carboxylic acids is 2. The second-order valence-corrected chi connectivity index (χ2v) is 7.89. The van der Waals surface area contributed by atoms with Crippen molar-refractivity contribution in [1.82, 2.24) is 14.9 Å². The Kier molecular flexibility index (Phi) is 6.51. The summed E-state index contributed by atoms with van der Waals surface area (Å²) in [6.07, 6.45) is 0. The van der Waals surface area contributed by atoms with Crippen LogP contribution in [-0.4, -0.2) is 63.4 Å². The molecule has 1 aliphatic heterocycles. The number of sulfonamides is 1. The minimum atomic E-state index is -3.67. The van der Waals surface area contributed by atoms with Gasteiger partial charge in [0.15, 0.2) is 0 Å². The van der Waals surface area contributed by atoms with Crippen LogP contribution in [0.3, 0.4) is 0 Å². The average Bonchev–Trinajstić information content (AvgIpc) is 2.60. The second-order valence-electron chi connectivity index (χ2n) is 5.95. The van der Waals surface area contributed by atoms with Gasteiger partial charge in [-0.15, -0.1) is 0 Å². The maximum atomic E-state index is 12.6. The van der Waals surface area contributed by atoms with E-state index in [4.69, 9.17) is 4.74 Å². The van der Waals surface area contributed by atoms with Crippen molar-refractivity contribution in [3.63, 3.8) is 0 Å². The van der Waals surface area contributed by atoms with Crippen molar-refractivity contribution < 1.29 is 22.7 Å². The van der Waals surface area contributed by atoms with Gasteiger partial charge in [0, 0.05) is 24.7 Å². The molecule has 0 unspecified atom stereocenters. The first-order valence-electron chi connectivity index (χ1n) is 8.06. The zero-order valence-electron chi connectivity index (χ0n) is 14.3. The summed E-state index contributed by atoms with van der Waals surface area (Å²) < 4.78 is 31.8. The van der Waals surface area contributed by atoms with Crippen LogP contribution in [0.4, 0.5) is 0 Å². The van der Waals surface area contributed by atoms with E-state index in [2.05, 4.69) is 10.6 Å². The molecule has 0 aliphatic carbocycles. The van der Waals surface area contributed by atoms with Crippen LogP contribution in [0.5, 0.6) is 0 Å². The van der Waals surface area contributed by atoms with Gasteiger partial charge in [-0.2, -0.15) is 4.31 Å². The predicted molar refractivity (Wildman–Crippen MR) is 91.6 cm³/mol. The highest BCUT2D eigenvalue weighted by Gasteiger charge is 2.26. The van der Waals surface area contributed by atoms with E-state index in [-0.39, 0.29) is 42.0 Å². The Bertz CT molecular complexity index is 727. The molecule has 1 aliphatic rings. The zero-order valence-corrected chi connectivity index (χ0v) is 15.1. The molecule has 1 fully saturated rings. The molecule has 25 heavy (non-hydrogen) atoms. The normalized spacial score (nSPS) is 15.8. The zero-order chi connectivity index (χ0) is 18.4. The SMILES string of the molecule is CC(C)NC(=O)CNC(=O)c1cccc(S(=O)(=O)N2CCOCC2)c1. The summed E-state index contributed by atoms with van der Waals surface area (Å²) in [4.78, 5) is 23.8. The minimum absolute atomic E-state index is 0.0219. The van der Waals surface area contributed by atoms with E-state index in [1.165, 1.54) is 28.6 Å². The van der Waals surface area contributed by atoms with E-state index in [9.17, 15) is 18.0 Å². The Balaban J connectivity index is 2.07. The van der Waals surface area contributed by atoms with Crippen LogP contribution in [-0.2, 0) is 19.6 Å². The lowest BCUT2D eigenvalue weighted by Crippen LogP contribution is -2.41. The van der Waals surface area contributed by atoms with Gasteiger partial charge >= 0.3 is 0 Å². The first kappa shape index (κ1) is 19.4. The fourth-order valence-electron chi connectivity index (χ4n) is 2.37. The van der Waals surface area contributed by atoms with E-state index in [0.717, 1.165) is 0 Å². The molecule has 1 aromatic carbocycles. The third-order valence-corrected chi connectivity index (χ3v) is 5.46. The van der Waals surface area contributed by atoms with Gasteiger partial charge < -0.3 is 15.4 Å². The molecule has 1 saturated heterocycles. The summed E-state index contributed by atoms with van der Waals surface area (Å²) in [6, 6.07) is 5.77. The number of morpholine rings is 1. The molecule has 2 N–H and O–H groups in total. The molecule has 0 saturated carbocycles. The van der Waals surface area contributed by atoms with E-state index in [0.29, 0.717) is 13.2 Å². The van der Waals surface area contributed by atoms with Crippen LogP contribution in [0.25, 0.3) is 0 Å². The third-order valence-electron chi connectivity index (χ3n) is 3.56. The number of rotatable bonds is 6. The highest BCUT2D eigenvalue weighted by molar-refractivity contribution is 7.89. The Hall–Kier alpha value is -1.97. The molecular weight excluding hydrogens is 346 g/mol. The van der Waals surface area contributed by atoms with E-state index in [1.54, 1.807) is 0 Å². The lowest BCUT2D eigenvalue weighted by Gasteiger charge is -2.26. The Morgan fingerprint density at radius 2 is 1.92 bits per heavy atom. The van der Waals surface area contributed by atoms with E-state index >= 15 is 0 Å². The standard InChI is InChI=1S/C16H23N3O5S/c1-12(2)18-15(20)11-17-16(21)13-4-3-5-14(10-13)25(22,23)19-6-8-24-9-7-19/h3-5,10,12H,6-9,11H2,1-2H3,(H,17,21)(H,18,20). The number of carbonyl (C=O) groups is 2. The monoisotopic (exact) mass is 369 g/mol. The van der Waals surface area contributed by atoms with Crippen LogP contribution < -0.4 is 10.6 Å². The summed E-state index contributed by atoms with van der Waals surface area (Å²) >= 11 is 0. The number of ether oxygens (including phenoxy) is 1. The number of hydrogen-bond donors (Lipinski definition) is 2. The molecule has 1 heterocycles. The van der Waals surface area contributed by atoms with Crippen LogP contribution in [0, 0.1) is 0 Å². The number of amides is 2. The summed E-state index contributed by atoms with van der Waals surface area (Å²) in [7, 11) is -3.67. The van der Waals surface area contributed by atoms with Gasteiger partial charge in [0.25, 0.3) is 5.91 Å². The highest BCUT2D eigenvalue weighted by Crippen LogP contribution is 2.18. The molecule has 0 atom stereocenters.